The van der Waals surface area contributed by atoms with Gasteiger partial charge < -0.3 is 10.1 Å². The minimum Gasteiger partial charge on any atom is -0.377 e. The third-order valence-electron chi connectivity index (χ3n) is 2.93. The summed E-state index contributed by atoms with van der Waals surface area (Å²) in [6, 6.07) is 5.82. The van der Waals surface area contributed by atoms with Gasteiger partial charge in [-0.05, 0) is 25.2 Å². The zero-order valence-corrected chi connectivity index (χ0v) is 10.4. The Morgan fingerprint density at radius 3 is 2.94 bits per heavy atom. The first-order valence-electron chi connectivity index (χ1n) is 5.07. The van der Waals surface area contributed by atoms with Crippen molar-refractivity contribution in [3.63, 3.8) is 0 Å². The lowest BCUT2D eigenvalue weighted by Crippen LogP contribution is -2.56. The maximum absolute atomic E-state index is 5.95. The maximum atomic E-state index is 5.95. The van der Waals surface area contributed by atoms with Crippen molar-refractivity contribution in [2.75, 3.05) is 20.3 Å². The van der Waals surface area contributed by atoms with E-state index in [0.717, 1.165) is 15.5 Å². The molecule has 0 spiro atoms. The zero-order valence-electron chi connectivity index (χ0n) is 8.79. The van der Waals surface area contributed by atoms with Gasteiger partial charge in [0.05, 0.1) is 23.4 Å². The third kappa shape index (κ3) is 1.45. The van der Waals surface area contributed by atoms with Gasteiger partial charge in [-0.3, -0.25) is 0 Å². The van der Waals surface area contributed by atoms with Gasteiger partial charge in [0.25, 0.3) is 0 Å². The number of nitrogens with zero attached hydrogens (tertiary/aromatic N) is 1. The van der Waals surface area contributed by atoms with E-state index >= 15 is 0 Å². The Labute approximate surface area is 102 Å². The van der Waals surface area contributed by atoms with Gasteiger partial charge in [-0.2, -0.15) is 0 Å². The summed E-state index contributed by atoms with van der Waals surface area (Å²) in [5, 5.41) is 5.11. The Morgan fingerprint density at radius 2 is 2.31 bits per heavy atom. The largest absolute Gasteiger partial charge is 0.377 e. The van der Waals surface area contributed by atoms with E-state index in [2.05, 4.69) is 10.3 Å². The van der Waals surface area contributed by atoms with Gasteiger partial charge in [0.15, 0.2) is 0 Å². The third-order valence-corrected chi connectivity index (χ3v) is 4.41. The summed E-state index contributed by atoms with van der Waals surface area (Å²) in [7, 11) is 1.95. The van der Waals surface area contributed by atoms with Gasteiger partial charge in [-0.15, -0.1) is 11.3 Å². The molecule has 3 nitrogen and oxygen atoms in total. The molecule has 1 fully saturated rings. The number of benzene rings is 1. The number of likely N-dealkylation sites (N-methyl/N-ethyl adjacent to an activating group) is 1. The minimum atomic E-state index is -0.0871. The summed E-state index contributed by atoms with van der Waals surface area (Å²) >= 11 is 7.65. The highest BCUT2D eigenvalue weighted by Crippen LogP contribution is 2.35. The predicted octanol–water partition coefficient (Wildman–Crippen LogP) is 2.39. The van der Waals surface area contributed by atoms with E-state index in [1.807, 2.05) is 25.2 Å². The standard InChI is InChI=1S/C11H11ClN2OS/c1-13-11(5-15-6-11)10-14-8-4-7(12)2-3-9(8)16-10/h2-4,13H,5-6H2,1H3. The Bertz CT molecular complexity index is 530. The normalized spacial score (nSPS) is 18.6. The highest BCUT2D eigenvalue weighted by molar-refractivity contribution is 7.18. The van der Waals surface area contributed by atoms with Gasteiger partial charge in [0.1, 0.15) is 10.5 Å². The van der Waals surface area contributed by atoms with Crippen LogP contribution in [-0.4, -0.2) is 25.2 Å². The summed E-state index contributed by atoms with van der Waals surface area (Å²) in [6.07, 6.45) is 0. The van der Waals surface area contributed by atoms with Crippen molar-refractivity contribution in [3.05, 3.63) is 28.2 Å². The highest BCUT2D eigenvalue weighted by Gasteiger charge is 2.41. The fourth-order valence-electron chi connectivity index (χ4n) is 1.79. The molecule has 0 saturated carbocycles. The van der Waals surface area contributed by atoms with Crippen LogP contribution in [0.5, 0.6) is 0 Å². The van der Waals surface area contributed by atoms with Gasteiger partial charge in [-0.25, -0.2) is 4.98 Å². The zero-order chi connectivity index (χ0) is 11.2. The van der Waals surface area contributed by atoms with Crippen LogP contribution >= 0.6 is 22.9 Å². The van der Waals surface area contributed by atoms with E-state index in [4.69, 9.17) is 16.3 Å². The van der Waals surface area contributed by atoms with E-state index in [0.29, 0.717) is 13.2 Å². The number of rotatable bonds is 2. The first kappa shape index (κ1) is 10.5. The number of aromatic nitrogens is 1. The van der Waals surface area contributed by atoms with Crippen LogP contribution in [-0.2, 0) is 10.3 Å². The van der Waals surface area contributed by atoms with Crippen molar-refractivity contribution in [2.45, 2.75) is 5.54 Å². The van der Waals surface area contributed by atoms with Crippen LogP contribution in [0.1, 0.15) is 5.01 Å². The number of hydrogen-bond donors (Lipinski definition) is 1. The maximum Gasteiger partial charge on any atom is 0.119 e. The number of thiazole rings is 1. The lowest BCUT2D eigenvalue weighted by molar-refractivity contribution is -0.0747. The fourth-order valence-corrected chi connectivity index (χ4v) is 3.07. The molecule has 0 bridgehead atoms. The summed E-state index contributed by atoms with van der Waals surface area (Å²) < 4.78 is 6.45. The molecule has 2 aromatic rings. The molecule has 16 heavy (non-hydrogen) atoms. The molecule has 2 heterocycles. The van der Waals surface area contributed by atoms with Crippen LogP contribution in [0.4, 0.5) is 0 Å². The van der Waals surface area contributed by atoms with Crippen molar-refractivity contribution < 1.29 is 4.74 Å². The number of hydrogen-bond acceptors (Lipinski definition) is 4. The molecule has 1 saturated heterocycles. The highest BCUT2D eigenvalue weighted by atomic mass is 35.5. The Balaban J connectivity index is 2.11. The summed E-state index contributed by atoms with van der Waals surface area (Å²) in [5.41, 5.74) is 0.880. The molecule has 84 valence electrons. The first-order chi connectivity index (χ1) is 7.73. The molecule has 1 N–H and O–H groups in total. The van der Waals surface area contributed by atoms with Crippen molar-refractivity contribution in [1.82, 2.24) is 10.3 Å². The van der Waals surface area contributed by atoms with Crippen LogP contribution in [0.15, 0.2) is 18.2 Å². The molecule has 0 unspecified atom stereocenters. The number of nitrogens with one attached hydrogen (secondary N) is 1. The monoisotopic (exact) mass is 254 g/mol. The lowest BCUT2D eigenvalue weighted by Gasteiger charge is -2.39. The smallest absolute Gasteiger partial charge is 0.119 e. The molecule has 1 aromatic heterocycles. The van der Waals surface area contributed by atoms with Crippen LogP contribution in [0.25, 0.3) is 10.2 Å². The molecule has 1 aromatic carbocycles. The molecule has 3 rings (SSSR count). The molecular weight excluding hydrogens is 244 g/mol. The molecule has 0 amide bonds. The van der Waals surface area contributed by atoms with Gasteiger partial charge in [0.2, 0.25) is 0 Å². The molecule has 1 aliphatic rings. The van der Waals surface area contributed by atoms with E-state index in [-0.39, 0.29) is 5.54 Å². The Morgan fingerprint density at radius 1 is 1.50 bits per heavy atom. The number of fused-ring (bicyclic) bond motifs is 1. The van der Waals surface area contributed by atoms with E-state index in [9.17, 15) is 0 Å². The number of halogens is 1. The Hall–Kier alpha value is -0.680. The molecule has 0 radical (unpaired) electrons. The summed E-state index contributed by atoms with van der Waals surface area (Å²) in [5.74, 6) is 0. The summed E-state index contributed by atoms with van der Waals surface area (Å²) in [6.45, 7) is 1.38. The van der Waals surface area contributed by atoms with Crippen LogP contribution in [0.2, 0.25) is 5.02 Å². The first-order valence-corrected chi connectivity index (χ1v) is 6.26. The second-order valence-corrected chi connectivity index (χ2v) is 5.42. The van der Waals surface area contributed by atoms with E-state index in [1.54, 1.807) is 11.3 Å². The molecule has 5 heteroatoms. The minimum absolute atomic E-state index is 0.0871. The molecule has 0 aliphatic carbocycles. The van der Waals surface area contributed by atoms with E-state index in [1.165, 1.54) is 4.70 Å². The van der Waals surface area contributed by atoms with Gasteiger partial charge in [-0.1, -0.05) is 11.6 Å². The lowest BCUT2D eigenvalue weighted by atomic mass is 9.99. The number of ether oxygens (including phenoxy) is 1. The quantitative estimate of drug-likeness (QED) is 0.894. The van der Waals surface area contributed by atoms with Crippen molar-refractivity contribution >= 4 is 33.2 Å². The topological polar surface area (TPSA) is 34.2 Å². The average molecular weight is 255 g/mol. The van der Waals surface area contributed by atoms with Crippen LogP contribution < -0.4 is 5.32 Å². The molecular formula is C11H11ClN2OS. The van der Waals surface area contributed by atoms with Gasteiger partial charge in [0, 0.05) is 5.02 Å². The second kappa shape index (κ2) is 3.67. The van der Waals surface area contributed by atoms with E-state index < -0.39 is 0 Å². The van der Waals surface area contributed by atoms with Crippen LogP contribution in [0, 0.1) is 0 Å². The summed E-state index contributed by atoms with van der Waals surface area (Å²) in [4.78, 5) is 4.63. The van der Waals surface area contributed by atoms with Crippen LogP contribution in [0.3, 0.4) is 0 Å². The van der Waals surface area contributed by atoms with Crippen molar-refractivity contribution in [1.29, 1.82) is 0 Å². The average Bonchev–Trinajstić information content (AvgIpc) is 2.60. The molecule has 0 atom stereocenters. The fraction of sp³-hybridized carbons (Fsp3) is 0.364. The van der Waals surface area contributed by atoms with Crippen molar-refractivity contribution in [2.24, 2.45) is 0 Å². The molecule has 1 aliphatic heterocycles. The van der Waals surface area contributed by atoms with Gasteiger partial charge >= 0.3 is 0 Å². The SMILES string of the molecule is CNC1(c2nc3cc(Cl)ccc3s2)COC1. The Kier molecular flexibility index (Phi) is 2.40. The second-order valence-electron chi connectivity index (χ2n) is 3.96. The van der Waals surface area contributed by atoms with Crippen molar-refractivity contribution in [3.8, 4) is 0 Å². The predicted molar refractivity (Wildman–Crippen MR) is 66.2 cm³/mol.